The van der Waals surface area contributed by atoms with E-state index in [2.05, 4.69) is 5.32 Å². The summed E-state index contributed by atoms with van der Waals surface area (Å²) in [5, 5.41) is 2.95. The molecular formula is C18H15NO2. The van der Waals surface area contributed by atoms with E-state index in [4.69, 9.17) is 4.42 Å². The zero-order valence-electron chi connectivity index (χ0n) is 11.7. The van der Waals surface area contributed by atoms with E-state index in [1.54, 1.807) is 12.3 Å². The van der Waals surface area contributed by atoms with Gasteiger partial charge in [-0.3, -0.25) is 4.79 Å². The van der Waals surface area contributed by atoms with E-state index in [1.807, 2.05) is 61.5 Å². The molecule has 104 valence electrons. The quantitative estimate of drug-likeness (QED) is 0.765. The van der Waals surface area contributed by atoms with Crippen LogP contribution >= 0.6 is 0 Å². The Balaban J connectivity index is 1.94. The smallest absolute Gasteiger partial charge is 0.256 e. The van der Waals surface area contributed by atoms with E-state index in [1.165, 1.54) is 0 Å². The molecular weight excluding hydrogens is 262 g/mol. The number of rotatable bonds is 3. The van der Waals surface area contributed by atoms with E-state index >= 15 is 0 Å². The molecule has 1 heterocycles. The van der Waals surface area contributed by atoms with Gasteiger partial charge in [-0.1, -0.05) is 36.4 Å². The van der Waals surface area contributed by atoms with Crippen LogP contribution in [0.1, 0.15) is 15.9 Å². The summed E-state index contributed by atoms with van der Waals surface area (Å²) in [4.78, 5) is 12.5. The topological polar surface area (TPSA) is 42.2 Å². The average Bonchev–Trinajstić information content (AvgIpc) is 3.04. The third-order valence-corrected chi connectivity index (χ3v) is 3.35. The van der Waals surface area contributed by atoms with Gasteiger partial charge in [-0.15, -0.1) is 0 Å². The fourth-order valence-corrected chi connectivity index (χ4v) is 2.23. The van der Waals surface area contributed by atoms with Gasteiger partial charge in [0.05, 0.1) is 11.8 Å². The summed E-state index contributed by atoms with van der Waals surface area (Å²) >= 11 is 0. The minimum atomic E-state index is -0.142. The first-order chi connectivity index (χ1) is 10.3. The largest absolute Gasteiger partial charge is 0.464 e. The van der Waals surface area contributed by atoms with Crippen LogP contribution in [0.15, 0.2) is 71.3 Å². The number of amides is 1. The number of hydrogen-bond donors (Lipinski definition) is 1. The number of nitrogens with one attached hydrogen (secondary N) is 1. The monoisotopic (exact) mass is 277 g/mol. The van der Waals surface area contributed by atoms with Crippen molar-refractivity contribution >= 4 is 11.6 Å². The number of furan rings is 1. The molecule has 0 saturated carbocycles. The van der Waals surface area contributed by atoms with Crippen molar-refractivity contribution in [3.8, 4) is 11.3 Å². The molecule has 3 rings (SSSR count). The van der Waals surface area contributed by atoms with E-state index < -0.39 is 0 Å². The van der Waals surface area contributed by atoms with Gasteiger partial charge < -0.3 is 9.73 Å². The van der Waals surface area contributed by atoms with Gasteiger partial charge >= 0.3 is 0 Å². The lowest BCUT2D eigenvalue weighted by atomic mass is 10.0. The summed E-state index contributed by atoms with van der Waals surface area (Å²) < 4.78 is 5.40. The molecule has 2 aromatic carbocycles. The zero-order valence-corrected chi connectivity index (χ0v) is 11.7. The highest BCUT2D eigenvalue weighted by atomic mass is 16.3. The van der Waals surface area contributed by atoms with Crippen molar-refractivity contribution in [2.45, 2.75) is 6.92 Å². The van der Waals surface area contributed by atoms with Crippen molar-refractivity contribution in [2.24, 2.45) is 0 Å². The number of carbonyl (C=O) groups is 1. The minimum absolute atomic E-state index is 0.142. The first-order valence-corrected chi connectivity index (χ1v) is 6.75. The van der Waals surface area contributed by atoms with Gasteiger partial charge in [-0.05, 0) is 36.8 Å². The number of carbonyl (C=O) groups excluding carboxylic acids is 1. The summed E-state index contributed by atoms with van der Waals surface area (Å²) in [5.41, 5.74) is 3.22. The number of hydrogen-bond acceptors (Lipinski definition) is 2. The molecule has 0 radical (unpaired) electrons. The van der Waals surface area contributed by atoms with Crippen LogP contribution in [0, 0.1) is 6.92 Å². The van der Waals surface area contributed by atoms with Gasteiger partial charge in [0, 0.05) is 11.3 Å². The number of anilines is 1. The van der Waals surface area contributed by atoms with Crippen LogP contribution < -0.4 is 5.32 Å². The van der Waals surface area contributed by atoms with Crippen molar-refractivity contribution in [3.05, 3.63) is 78.1 Å². The van der Waals surface area contributed by atoms with E-state index in [9.17, 15) is 4.79 Å². The average molecular weight is 277 g/mol. The third kappa shape index (κ3) is 2.72. The van der Waals surface area contributed by atoms with Crippen LogP contribution in [0.4, 0.5) is 5.69 Å². The lowest BCUT2D eigenvalue weighted by Crippen LogP contribution is -2.13. The minimum Gasteiger partial charge on any atom is -0.464 e. The molecule has 0 spiro atoms. The Kier molecular flexibility index (Phi) is 3.56. The highest BCUT2D eigenvalue weighted by molar-refractivity contribution is 6.08. The van der Waals surface area contributed by atoms with Crippen LogP contribution in [0.2, 0.25) is 0 Å². The summed E-state index contributed by atoms with van der Waals surface area (Å²) in [5.74, 6) is 0.543. The van der Waals surface area contributed by atoms with Gasteiger partial charge in [-0.25, -0.2) is 0 Å². The SMILES string of the molecule is Cc1ccccc1NC(=O)c1ccccc1-c1ccco1. The van der Waals surface area contributed by atoms with E-state index in [-0.39, 0.29) is 5.91 Å². The second-order valence-corrected chi connectivity index (χ2v) is 4.79. The predicted octanol–water partition coefficient (Wildman–Crippen LogP) is 4.51. The lowest BCUT2D eigenvalue weighted by molar-refractivity contribution is 0.102. The highest BCUT2D eigenvalue weighted by Crippen LogP contribution is 2.25. The standard InChI is InChI=1S/C18H15NO2/c1-13-7-2-5-10-16(13)19-18(20)15-9-4-3-8-14(15)17-11-6-12-21-17/h2-12H,1H3,(H,19,20). The van der Waals surface area contributed by atoms with Crippen molar-refractivity contribution in [1.29, 1.82) is 0 Å². The Labute approximate surface area is 123 Å². The first-order valence-electron chi connectivity index (χ1n) is 6.75. The van der Waals surface area contributed by atoms with Crippen LogP contribution in [-0.4, -0.2) is 5.91 Å². The van der Waals surface area contributed by atoms with Gasteiger partial charge in [0.15, 0.2) is 0 Å². The maximum Gasteiger partial charge on any atom is 0.256 e. The Morgan fingerprint density at radius 3 is 2.48 bits per heavy atom. The molecule has 0 aliphatic rings. The van der Waals surface area contributed by atoms with Crippen molar-refractivity contribution < 1.29 is 9.21 Å². The van der Waals surface area contributed by atoms with Crippen LogP contribution in [-0.2, 0) is 0 Å². The number of aryl methyl sites for hydroxylation is 1. The maximum absolute atomic E-state index is 12.5. The molecule has 3 nitrogen and oxygen atoms in total. The van der Waals surface area contributed by atoms with Crippen molar-refractivity contribution in [1.82, 2.24) is 0 Å². The summed E-state index contributed by atoms with van der Waals surface area (Å²) in [7, 11) is 0. The van der Waals surface area contributed by atoms with Gasteiger partial charge in [0.2, 0.25) is 0 Å². The van der Waals surface area contributed by atoms with Crippen LogP contribution in [0.3, 0.4) is 0 Å². The molecule has 1 aromatic heterocycles. The highest BCUT2D eigenvalue weighted by Gasteiger charge is 2.14. The van der Waals surface area contributed by atoms with Gasteiger partial charge in [0.25, 0.3) is 5.91 Å². The molecule has 0 aliphatic carbocycles. The Morgan fingerprint density at radius 2 is 1.71 bits per heavy atom. The molecule has 0 fully saturated rings. The molecule has 0 unspecified atom stereocenters. The fourth-order valence-electron chi connectivity index (χ4n) is 2.23. The molecule has 1 N–H and O–H groups in total. The lowest BCUT2D eigenvalue weighted by Gasteiger charge is -2.10. The van der Waals surface area contributed by atoms with Gasteiger partial charge in [-0.2, -0.15) is 0 Å². The fraction of sp³-hybridized carbons (Fsp3) is 0.0556. The van der Waals surface area contributed by atoms with E-state index in [0.717, 1.165) is 16.8 Å². The molecule has 1 amide bonds. The predicted molar refractivity (Wildman–Crippen MR) is 83.3 cm³/mol. The Morgan fingerprint density at radius 1 is 0.952 bits per heavy atom. The zero-order chi connectivity index (χ0) is 14.7. The molecule has 3 aromatic rings. The first kappa shape index (κ1) is 13.2. The van der Waals surface area contributed by atoms with Gasteiger partial charge in [0.1, 0.15) is 5.76 Å². The molecule has 0 aliphatic heterocycles. The van der Waals surface area contributed by atoms with Crippen LogP contribution in [0.5, 0.6) is 0 Å². The number of benzene rings is 2. The second-order valence-electron chi connectivity index (χ2n) is 4.79. The normalized spacial score (nSPS) is 10.3. The number of para-hydroxylation sites is 1. The second kappa shape index (κ2) is 5.67. The molecule has 0 bridgehead atoms. The maximum atomic E-state index is 12.5. The molecule has 21 heavy (non-hydrogen) atoms. The Hall–Kier alpha value is -2.81. The van der Waals surface area contributed by atoms with E-state index in [0.29, 0.717) is 11.3 Å². The summed E-state index contributed by atoms with van der Waals surface area (Å²) in [6.07, 6.45) is 1.60. The molecule has 3 heteroatoms. The summed E-state index contributed by atoms with van der Waals surface area (Å²) in [6.45, 7) is 1.97. The van der Waals surface area contributed by atoms with Crippen molar-refractivity contribution in [2.75, 3.05) is 5.32 Å². The summed E-state index contributed by atoms with van der Waals surface area (Å²) in [6, 6.07) is 18.8. The third-order valence-electron chi connectivity index (χ3n) is 3.35. The molecule has 0 atom stereocenters. The van der Waals surface area contributed by atoms with Crippen LogP contribution in [0.25, 0.3) is 11.3 Å². The Bertz CT molecular complexity index is 760. The molecule has 0 saturated heterocycles. The van der Waals surface area contributed by atoms with Crippen molar-refractivity contribution in [3.63, 3.8) is 0 Å².